The van der Waals surface area contributed by atoms with Gasteiger partial charge in [0.05, 0.1) is 5.69 Å². The molecule has 0 aliphatic carbocycles. The van der Waals surface area contributed by atoms with Gasteiger partial charge in [-0.2, -0.15) is 0 Å². The number of nitrogens with two attached hydrogens (primary N) is 1. The Morgan fingerprint density at radius 3 is 2.48 bits per heavy atom. The molecule has 0 aliphatic heterocycles. The number of hydrogen-bond acceptors (Lipinski definition) is 4. The number of halogens is 2. The van der Waals surface area contributed by atoms with Crippen LogP contribution in [0.5, 0.6) is 0 Å². The maximum Gasteiger partial charge on any atom is 0.455 e. The van der Waals surface area contributed by atoms with Crippen LogP contribution in [0, 0.1) is 0 Å². The summed E-state index contributed by atoms with van der Waals surface area (Å²) in [5.41, 5.74) is 6.66. The van der Waals surface area contributed by atoms with Crippen LogP contribution in [-0.2, 0) is 20.4 Å². The lowest BCUT2D eigenvalue weighted by molar-refractivity contribution is -0.136. The van der Waals surface area contributed by atoms with Gasteiger partial charge in [0.15, 0.2) is 0 Å². The first kappa shape index (κ1) is 20.1. The monoisotopic (exact) mass is 490 g/mol. The second-order valence-corrected chi connectivity index (χ2v) is 8.44. The predicted octanol–water partition coefficient (Wildman–Crippen LogP) is 4.21. The summed E-state index contributed by atoms with van der Waals surface area (Å²) >= 11 is 6.88. The molecule has 2 aromatic rings. The van der Waals surface area contributed by atoms with Crippen molar-refractivity contribution in [3.05, 3.63) is 63.0 Å². The predicted molar refractivity (Wildman–Crippen MR) is 104 cm³/mol. The molecule has 0 heterocycles. The van der Waals surface area contributed by atoms with Crippen molar-refractivity contribution in [3.8, 4) is 0 Å². The lowest BCUT2D eigenvalue weighted by Crippen LogP contribution is -2.40. The van der Waals surface area contributed by atoms with Gasteiger partial charge >= 0.3 is 13.7 Å². The molecule has 6 nitrogen and oxygen atoms in total. The molecule has 2 aromatic carbocycles. The van der Waals surface area contributed by atoms with Gasteiger partial charge in [-0.25, -0.2) is 14.9 Å². The summed E-state index contributed by atoms with van der Waals surface area (Å²) in [5, 5.41) is 0. The minimum absolute atomic E-state index is 0.400. The molecule has 0 spiro atoms. The Morgan fingerprint density at radius 2 is 1.92 bits per heavy atom. The van der Waals surface area contributed by atoms with Gasteiger partial charge in [-0.15, -0.1) is 0 Å². The molecule has 2 atom stereocenters. The van der Waals surface area contributed by atoms with E-state index >= 15 is 0 Å². The van der Waals surface area contributed by atoms with Gasteiger partial charge in [0.1, 0.15) is 6.04 Å². The third kappa shape index (κ3) is 5.94. The second kappa shape index (κ2) is 8.47. The maximum atomic E-state index is 12.2. The van der Waals surface area contributed by atoms with Crippen molar-refractivity contribution in [2.75, 3.05) is 4.90 Å². The van der Waals surface area contributed by atoms with E-state index in [2.05, 4.69) is 36.4 Å². The Kier molecular flexibility index (Phi) is 6.82. The van der Waals surface area contributed by atoms with Crippen molar-refractivity contribution in [3.63, 3.8) is 0 Å². The number of hydrogen-bond donors (Lipinski definition) is 2. The van der Waals surface area contributed by atoms with E-state index in [0.29, 0.717) is 6.54 Å². The zero-order chi connectivity index (χ0) is 18.6. The Balaban J connectivity index is 2.37. The minimum atomic E-state index is -4.40. The molecule has 0 aromatic heterocycles. The highest BCUT2D eigenvalue weighted by Crippen LogP contribution is 2.35. The molecule has 0 fully saturated rings. The number of carbonyl (C=O) groups excluding carboxylic acids is 1. The third-order valence-electron chi connectivity index (χ3n) is 3.44. The Bertz CT molecular complexity index is 798. The first-order valence-corrected chi connectivity index (χ1v) is 10.5. The van der Waals surface area contributed by atoms with Crippen molar-refractivity contribution in [2.45, 2.75) is 19.5 Å². The molecular weight excluding hydrogens is 475 g/mol. The molecular formula is C16H17Br2N2O4P. The zero-order valence-electron chi connectivity index (χ0n) is 13.3. The van der Waals surface area contributed by atoms with Crippen LogP contribution in [0.1, 0.15) is 12.5 Å². The van der Waals surface area contributed by atoms with Gasteiger partial charge in [0, 0.05) is 15.5 Å². The smallest absolute Gasteiger partial charge is 0.379 e. The maximum absolute atomic E-state index is 12.2. The summed E-state index contributed by atoms with van der Waals surface area (Å²) in [6.45, 7) is 1.99. The van der Waals surface area contributed by atoms with Crippen LogP contribution in [0.15, 0.2) is 57.5 Å². The van der Waals surface area contributed by atoms with Crippen LogP contribution < -0.4 is 10.4 Å². The SMILES string of the molecule is C[C@@H](C(=O)OP(N)(=O)O)N(Cc1ccccc1)c1ccc(Br)cc1Br. The summed E-state index contributed by atoms with van der Waals surface area (Å²) in [6, 6.07) is 14.3. The number of benzene rings is 2. The quantitative estimate of drug-likeness (QED) is 0.588. The fourth-order valence-electron chi connectivity index (χ4n) is 2.26. The average Bonchev–Trinajstić information content (AvgIpc) is 2.52. The van der Waals surface area contributed by atoms with Gasteiger partial charge < -0.3 is 14.3 Å². The van der Waals surface area contributed by atoms with Crippen LogP contribution in [0.2, 0.25) is 0 Å². The first-order valence-electron chi connectivity index (χ1n) is 7.28. The highest BCUT2D eigenvalue weighted by molar-refractivity contribution is 9.11. The molecule has 3 N–H and O–H groups in total. The summed E-state index contributed by atoms with van der Waals surface area (Å²) in [4.78, 5) is 23.1. The second-order valence-electron chi connectivity index (χ2n) is 5.36. The summed E-state index contributed by atoms with van der Waals surface area (Å²) in [6.07, 6.45) is 0. The molecule has 25 heavy (non-hydrogen) atoms. The number of rotatable bonds is 6. The van der Waals surface area contributed by atoms with Gasteiger partial charge in [-0.1, -0.05) is 46.3 Å². The fourth-order valence-corrected chi connectivity index (χ4v) is 3.94. The molecule has 1 unspecified atom stereocenters. The standard InChI is InChI=1S/C16H17Br2N2O4P/c1-11(16(21)24-25(19,22)23)20(10-12-5-3-2-4-6-12)15-8-7-13(17)9-14(15)18/h2-9,11H,10H2,1H3,(H3,19,22,23)/t11-/m0/s1. The lowest BCUT2D eigenvalue weighted by atomic mass is 10.1. The highest BCUT2D eigenvalue weighted by Gasteiger charge is 2.29. The normalized spacial score (nSPS) is 14.4. The van der Waals surface area contributed by atoms with Gasteiger partial charge in [0.25, 0.3) is 0 Å². The molecule has 0 aliphatic rings. The fraction of sp³-hybridized carbons (Fsp3) is 0.188. The van der Waals surface area contributed by atoms with Crippen molar-refractivity contribution < 1.29 is 18.8 Å². The Labute approximate surface area is 162 Å². The van der Waals surface area contributed by atoms with Gasteiger partial charge in [-0.3, -0.25) is 0 Å². The molecule has 0 radical (unpaired) electrons. The molecule has 0 amide bonds. The molecule has 2 rings (SSSR count). The van der Waals surface area contributed by atoms with E-state index in [1.807, 2.05) is 48.5 Å². The molecule has 9 heteroatoms. The largest absolute Gasteiger partial charge is 0.455 e. The number of anilines is 1. The van der Waals surface area contributed by atoms with E-state index < -0.39 is 19.8 Å². The van der Waals surface area contributed by atoms with E-state index in [-0.39, 0.29) is 0 Å². The highest BCUT2D eigenvalue weighted by atomic mass is 79.9. The topological polar surface area (TPSA) is 92.9 Å². The van der Waals surface area contributed by atoms with E-state index in [4.69, 9.17) is 10.4 Å². The molecule has 0 bridgehead atoms. The van der Waals surface area contributed by atoms with Crippen LogP contribution in [-0.4, -0.2) is 16.9 Å². The van der Waals surface area contributed by atoms with E-state index in [0.717, 1.165) is 20.2 Å². The summed E-state index contributed by atoms with van der Waals surface area (Å²) in [7, 11) is -4.40. The van der Waals surface area contributed by atoms with E-state index in [9.17, 15) is 9.36 Å². The molecule has 0 saturated heterocycles. The number of carbonyl (C=O) groups is 1. The van der Waals surface area contributed by atoms with E-state index in [1.165, 1.54) is 0 Å². The summed E-state index contributed by atoms with van der Waals surface area (Å²) in [5.74, 6) is -0.876. The lowest BCUT2D eigenvalue weighted by Gasteiger charge is -2.31. The van der Waals surface area contributed by atoms with Crippen molar-refractivity contribution >= 4 is 51.3 Å². The van der Waals surface area contributed by atoms with Crippen LogP contribution in [0.4, 0.5) is 5.69 Å². The molecule has 0 saturated carbocycles. The first-order chi connectivity index (χ1) is 11.7. The van der Waals surface area contributed by atoms with Crippen LogP contribution in [0.3, 0.4) is 0 Å². The Hall–Kier alpha value is -1.18. The van der Waals surface area contributed by atoms with Crippen LogP contribution in [0.25, 0.3) is 0 Å². The minimum Gasteiger partial charge on any atom is -0.379 e. The van der Waals surface area contributed by atoms with Gasteiger partial charge in [0.2, 0.25) is 0 Å². The third-order valence-corrected chi connectivity index (χ3v) is 5.01. The van der Waals surface area contributed by atoms with Crippen molar-refractivity contribution in [1.82, 2.24) is 0 Å². The number of nitrogens with zero attached hydrogens (tertiary/aromatic N) is 1. The average molecular weight is 492 g/mol. The van der Waals surface area contributed by atoms with Crippen molar-refractivity contribution in [1.29, 1.82) is 0 Å². The summed E-state index contributed by atoms with van der Waals surface area (Å²) < 4.78 is 17.3. The van der Waals surface area contributed by atoms with Crippen LogP contribution >= 0.6 is 39.6 Å². The molecule has 134 valence electrons. The zero-order valence-corrected chi connectivity index (χ0v) is 17.4. The van der Waals surface area contributed by atoms with Crippen molar-refractivity contribution in [2.24, 2.45) is 5.50 Å². The van der Waals surface area contributed by atoms with E-state index in [1.54, 1.807) is 11.8 Å². The van der Waals surface area contributed by atoms with Gasteiger partial charge in [-0.05, 0) is 46.6 Å². The Morgan fingerprint density at radius 1 is 1.28 bits per heavy atom.